The van der Waals surface area contributed by atoms with Crippen LogP contribution in [-0.2, 0) is 9.53 Å². The molecule has 0 spiro atoms. The van der Waals surface area contributed by atoms with Crippen LogP contribution in [0.25, 0.3) is 11.0 Å². The Hall–Kier alpha value is -3.13. The zero-order valence-corrected chi connectivity index (χ0v) is 15.1. The summed E-state index contributed by atoms with van der Waals surface area (Å²) in [5, 5.41) is 14.1. The van der Waals surface area contributed by atoms with Gasteiger partial charge >= 0.3 is 5.97 Å². The van der Waals surface area contributed by atoms with E-state index in [0.29, 0.717) is 16.5 Å². The maximum Gasteiger partial charge on any atom is 0.337 e. The van der Waals surface area contributed by atoms with E-state index in [-0.39, 0.29) is 18.3 Å². The molecule has 1 atom stereocenters. The minimum Gasteiger partial charge on any atom is -0.504 e. The number of aromatic hydroxyl groups is 1. The number of carbonyl (C=O) groups is 1. The van der Waals surface area contributed by atoms with Crippen molar-refractivity contribution in [1.82, 2.24) is 9.97 Å². The molecule has 3 heterocycles. The molecule has 0 saturated carbocycles. The SMILES string of the molecule is COc1ccc(C2C3=C(COC3=O)Nc3ccc4nc(S)[nH]c4c32)cc1O. The van der Waals surface area contributed by atoms with Gasteiger partial charge in [-0.05, 0) is 29.8 Å². The number of methoxy groups -OCH3 is 1. The number of phenols is 1. The van der Waals surface area contributed by atoms with Crippen molar-refractivity contribution in [2.24, 2.45) is 0 Å². The van der Waals surface area contributed by atoms with Crippen LogP contribution >= 0.6 is 12.6 Å². The summed E-state index contributed by atoms with van der Waals surface area (Å²) in [6, 6.07) is 8.96. The first-order chi connectivity index (χ1) is 13.1. The molecule has 0 saturated heterocycles. The van der Waals surface area contributed by atoms with E-state index in [1.54, 1.807) is 12.1 Å². The van der Waals surface area contributed by atoms with Gasteiger partial charge in [-0.3, -0.25) is 0 Å². The molecule has 0 amide bonds. The highest BCUT2D eigenvalue weighted by atomic mass is 32.1. The minimum atomic E-state index is -0.417. The Labute approximate surface area is 159 Å². The number of H-pyrrole nitrogens is 1. The van der Waals surface area contributed by atoms with Crippen LogP contribution in [0.2, 0.25) is 0 Å². The average molecular weight is 381 g/mol. The number of thiol groups is 1. The van der Waals surface area contributed by atoms with Crippen molar-refractivity contribution >= 4 is 35.3 Å². The third kappa shape index (κ3) is 2.30. The van der Waals surface area contributed by atoms with E-state index in [1.807, 2.05) is 18.2 Å². The Kier molecular flexibility index (Phi) is 3.38. The molecule has 1 aromatic heterocycles. The summed E-state index contributed by atoms with van der Waals surface area (Å²) in [4.78, 5) is 20.1. The van der Waals surface area contributed by atoms with Crippen molar-refractivity contribution in [3.05, 3.63) is 52.7 Å². The molecule has 8 heteroatoms. The number of nitrogens with one attached hydrogen (secondary N) is 2. The van der Waals surface area contributed by atoms with Crippen molar-refractivity contribution < 1.29 is 19.4 Å². The van der Waals surface area contributed by atoms with Gasteiger partial charge in [0.1, 0.15) is 6.61 Å². The third-order valence-corrected chi connectivity index (χ3v) is 5.19. The molecule has 0 aliphatic carbocycles. The van der Waals surface area contributed by atoms with Crippen molar-refractivity contribution in [1.29, 1.82) is 0 Å². The number of anilines is 1. The third-order valence-electron chi connectivity index (χ3n) is 4.98. The van der Waals surface area contributed by atoms with Crippen molar-refractivity contribution in [3.8, 4) is 11.5 Å². The highest BCUT2D eigenvalue weighted by Gasteiger charge is 2.40. The molecule has 5 rings (SSSR count). The van der Waals surface area contributed by atoms with Gasteiger partial charge in [0.25, 0.3) is 0 Å². The molecule has 2 aliphatic rings. The number of imidazole rings is 1. The molecule has 0 bridgehead atoms. The smallest absolute Gasteiger partial charge is 0.337 e. The lowest BCUT2D eigenvalue weighted by Crippen LogP contribution is -2.20. The maximum absolute atomic E-state index is 12.5. The van der Waals surface area contributed by atoms with E-state index < -0.39 is 5.92 Å². The number of hydrogen-bond donors (Lipinski definition) is 4. The standard InChI is InChI=1S/C19H15N3O4S/c1-25-13-5-2-8(6-12(13)23)14-15-9(20-11-7-26-18(24)16(11)14)3-4-10-17(15)22-19(27)21-10/h2-6,14,20,23H,7H2,1H3,(H2,21,22,27). The van der Waals surface area contributed by atoms with E-state index in [2.05, 4.69) is 27.9 Å². The summed E-state index contributed by atoms with van der Waals surface area (Å²) in [6.45, 7) is 0.199. The largest absolute Gasteiger partial charge is 0.504 e. The van der Waals surface area contributed by atoms with Gasteiger partial charge in [0.05, 0.1) is 29.4 Å². The van der Waals surface area contributed by atoms with Gasteiger partial charge in [0.15, 0.2) is 16.7 Å². The summed E-state index contributed by atoms with van der Waals surface area (Å²) in [5.74, 6) is -0.408. The highest BCUT2D eigenvalue weighted by Crippen LogP contribution is 2.47. The first-order valence-electron chi connectivity index (χ1n) is 8.32. The monoisotopic (exact) mass is 381 g/mol. The van der Waals surface area contributed by atoms with Gasteiger partial charge in [-0.2, -0.15) is 0 Å². The molecule has 2 aromatic carbocycles. The van der Waals surface area contributed by atoms with E-state index in [9.17, 15) is 9.90 Å². The van der Waals surface area contributed by atoms with Crippen LogP contribution in [0.5, 0.6) is 11.5 Å². The number of esters is 1. The summed E-state index contributed by atoms with van der Waals surface area (Å²) < 4.78 is 10.4. The van der Waals surface area contributed by atoms with E-state index in [0.717, 1.165) is 33.5 Å². The summed E-state index contributed by atoms with van der Waals surface area (Å²) in [5.41, 5.74) is 5.28. The molecule has 2 aliphatic heterocycles. The Morgan fingerprint density at radius 1 is 1.33 bits per heavy atom. The van der Waals surface area contributed by atoms with Gasteiger partial charge in [-0.25, -0.2) is 9.78 Å². The van der Waals surface area contributed by atoms with Crippen LogP contribution in [-0.4, -0.2) is 34.8 Å². The average Bonchev–Trinajstić information content (AvgIpc) is 3.22. The number of cyclic esters (lactones) is 1. The fraction of sp³-hybridized carbons (Fsp3) is 0.158. The molecular formula is C19H15N3O4S. The van der Waals surface area contributed by atoms with E-state index in [1.165, 1.54) is 7.11 Å². The normalized spacial score (nSPS) is 18.1. The second kappa shape index (κ2) is 5.68. The van der Waals surface area contributed by atoms with Crippen LogP contribution in [0, 0.1) is 0 Å². The number of rotatable bonds is 2. The first-order valence-corrected chi connectivity index (χ1v) is 8.77. The van der Waals surface area contributed by atoms with Crippen molar-refractivity contribution in [2.45, 2.75) is 11.1 Å². The lowest BCUT2D eigenvalue weighted by molar-refractivity contribution is -0.136. The fourth-order valence-electron chi connectivity index (χ4n) is 3.83. The Morgan fingerprint density at radius 2 is 2.19 bits per heavy atom. The molecule has 136 valence electrons. The molecule has 3 aromatic rings. The van der Waals surface area contributed by atoms with Gasteiger partial charge in [-0.15, -0.1) is 12.6 Å². The molecule has 7 nitrogen and oxygen atoms in total. The van der Waals surface area contributed by atoms with Gasteiger partial charge in [0, 0.05) is 17.2 Å². The van der Waals surface area contributed by atoms with E-state index >= 15 is 0 Å². The summed E-state index contributed by atoms with van der Waals surface area (Å²) in [7, 11) is 1.49. The molecule has 1 unspecified atom stereocenters. The molecular weight excluding hydrogens is 366 g/mol. The highest BCUT2D eigenvalue weighted by molar-refractivity contribution is 7.80. The Morgan fingerprint density at radius 3 is 2.96 bits per heavy atom. The number of benzene rings is 2. The second-order valence-corrected chi connectivity index (χ2v) is 6.86. The van der Waals surface area contributed by atoms with E-state index in [4.69, 9.17) is 9.47 Å². The lowest BCUT2D eigenvalue weighted by atomic mass is 9.80. The number of hydrogen-bond acceptors (Lipinski definition) is 7. The van der Waals surface area contributed by atoms with Crippen LogP contribution in [0.1, 0.15) is 17.0 Å². The zero-order chi connectivity index (χ0) is 18.7. The number of aromatic nitrogens is 2. The number of aromatic amines is 1. The number of carbonyl (C=O) groups excluding carboxylic acids is 1. The topological polar surface area (TPSA) is 96.5 Å². The van der Waals surface area contributed by atoms with Crippen molar-refractivity contribution in [3.63, 3.8) is 0 Å². The van der Waals surface area contributed by atoms with Gasteiger partial charge in [0.2, 0.25) is 0 Å². The quantitative estimate of drug-likeness (QED) is 0.403. The molecule has 27 heavy (non-hydrogen) atoms. The molecule has 0 radical (unpaired) electrons. The van der Waals surface area contributed by atoms with Crippen LogP contribution in [0.4, 0.5) is 5.69 Å². The summed E-state index contributed by atoms with van der Waals surface area (Å²) >= 11 is 4.32. The van der Waals surface area contributed by atoms with Gasteiger partial charge < -0.3 is 24.9 Å². The van der Waals surface area contributed by atoms with Crippen molar-refractivity contribution in [2.75, 3.05) is 19.0 Å². The maximum atomic E-state index is 12.5. The molecule has 0 fully saturated rings. The minimum absolute atomic E-state index is 0.00951. The lowest BCUT2D eigenvalue weighted by Gasteiger charge is -2.27. The number of fused-ring (bicyclic) bond motifs is 3. The van der Waals surface area contributed by atoms with Crippen LogP contribution < -0.4 is 10.1 Å². The summed E-state index contributed by atoms with van der Waals surface area (Å²) in [6.07, 6.45) is 0. The second-order valence-electron chi connectivity index (χ2n) is 6.44. The zero-order valence-electron chi connectivity index (χ0n) is 14.2. The first kappa shape index (κ1) is 16.1. The number of phenolic OH excluding ortho intramolecular Hbond substituents is 1. The van der Waals surface area contributed by atoms with Crippen LogP contribution in [0.3, 0.4) is 0 Å². The number of nitrogens with zero attached hydrogens (tertiary/aromatic N) is 1. The predicted molar refractivity (Wildman–Crippen MR) is 101 cm³/mol. The number of ether oxygens (including phenoxy) is 2. The predicted octanol–water partition coefficient (Wildman–Crippen LogP) is 2.93. The van der Waals surface area contributed by atoms with Gasteiger partial charge in [-0.1, -0.05) is 6.07 Å². The Balaban J connectivity index is 1.80. The fourth-order valence-corrected chi connectivity index (χ4v) is 4.05. The Bertz CT molecular complexity index is 1150. The van der Waals surface area contributed by atoms with Crippen LogP contribution in [0.15, 0.2) is 46.8 Å². The molecule has 3 N–H and O–H groups in total.